The van der Waals surface area contributed by atoms with Gasteiger partial charge >= 0.3 is 6.16 Å². The van der Waals surface area contributed by atoms with Gasteiger partial charge in [0.1, 0.15) is 19.0 Å². The van der Waals surface area contributed by atoms with Crippen molar-refractivity contribution in [1.82, 2.24) is 15.0 Å². The van der Waals surface area contributed by atoms with E-state index in [0.29, 0.717) is 23.0 Å². The number of hydrogen-bond donors (Lipinski definition) is 1. The third-order valence-electron chi connectivity index (χ3n) is 4.94. The molecule has 8 nitrogen and oxygen atoms in total. The molecule has 0 aliphatic heterocycles. The molecule has 0 spiro atoms. The summed E-state index contributed by atoms with van der Waals surface area (Å²) in [6.45, 7) is 0.284. The summed E-state index contributed by atoms with van der Waals surface area (Å²) in [5, 5.41) is 0.966. The van der Waals surface area contributed by atoms with E-state index in [1.54, 1.807) is 18.6 Å². The summed E-state index contributed by atoms with van der Waals surface area (Å²) < 4.78 is 15.1. The van der Waals surface area contributed by atoms with Crippen molar-refractivity contribution in [3.8, 4) is 28.1 Å². The lowest BCUT2D eigenvalue weighted by molar-refractivity contribution is 0.0534. The standard InChI is InChI=1S/C24H22N4O4S/c1-30-23-21(25)11-17(13-28-23)15-3-5-22-20(10-15)19(6-7-26-22)16-2-4-18(27-12-16)14-32-24(29)31-8-9-33/h2-7,10-13,33H,8-9,14,25H2,1H3/p+1. The van der Waals surface area contributed by atoms with Gasteiger partial charge in [-0.3, -0.25) is 9.97 Å². The number of nitrogens with zero attached hydrogens (tertiary/aromatic N) is 3. The first-order valence-electron chi connectivity index (χ1n) is 10.2. The van der Waals surface area contributed by atoms with Crippen LogP contribution in [0, 0.1) is 0 Å². The summed E-state index contributed by atoms with van der Waals surface area (Å²) >= 11 is 3.23. The van der Waals surface area contributed by atoms with E-state index >= 15 is 0 Å². The number of methoxy groups -OCH3 is 1. The molecule has 168 valence electrons. The number of carbonyl (C=O) groups is 1. The molecule has 0 aliphatic rings. The zero-order valence-electron chi connectivity index (χ0n) is 17.9. The van der Waals surface area contributed by atoms with Crippen molar-refractivity contribution < 1.29 is 19.0 Å². The van der Waals surface area contributed by atoms with E-state index in [0.717, 1.165) is 33.2 Å². The molecular weight excluding hydrogens is 440 g/mol. The van der Waals surface area contributed by atoms with Gasteiger partial charge in [-0.1, -0.05) is 12.1 Å². The SMILES string of the molecule is COc1ncc(-c2ccc3nccc(-c4ccc(COC(=O)OCC[SH2+])nc4)c3c2)cc1N. The van der Waals surface area contributed by atoms with Gasteiger partial charge in [-0.2, -0.15) is 0 Å². The zero-order valence-corrected chi connectivity index (χ0v) is 18.9. The molecule has 4 rings (SSSR count). The topological polar surface area (TPSA) is 109 Å². The molecule has 0 saturated carbocycles. The van der Waals surface area contributed by atoms with Gasteiger partial charge in [0.15, 0.2) is 0 Å². The van der Waals surface area contributed by atoms with Crippen LogP contribution >= 0.6 is 0 Å². The van der Waals surface area contributed by atoms with Gasteiger partial charge < -0.3 is 19.9 Å². The predicted octanol–water partition coefficient (Wildman–Crippen LogP) is 3.61. The molecule has 0 fully saturated rings. The fraction of sp³-hybridized carbons (Fsp3) is 0.167. The number of nitrogens with two attached hydrogens (primary N) is 1. The minimum absolute atomic E-state index is 0.0357. The Kier molecular flexibility index (Phi) is 6.89. The molecule has 0 aliphatic carbocycles. The van der Waals surface area contributed by atoms with Crippen molar-refractivity contribution in [1.29, 1.82) is 0 Å². The number of hydrogen-bond acceptors (Lipinski definition) is 8. The number of benzene rings is 1. The molecule has 1 aromatic carbocycles. The lowest BCUT2D eigenvalue weighted by Gasteiger charge is -2.10. The van der Waals surface area contributed by atoms with Crippen molar-refractivity contribution >= 4 is 35.4 Å². The Labute approximate surface area is 196 Å². The van der Waals surface area contributed by atoms with Crippen LogP contribution in [0.2, 0.25) is 0 Å². The van der Waals surface area contributed by atoms with E-state index in [-0.39, 0.29) is 13.2 Å². The molecule has 0 bridgehead atoms. The van der Waals surface area contributed by atoms with Gasteiger partial charge in [0, 0.05) is 35.1 Å². The van der Waals surface area contributed by atoms with Gasteiger partial charge in [0.2, 0.25) is 5.88 Å². The number of pyridine rings is 3. The van der Waals surface area contributed by atoms with E-state index in [1.165, 1.54) is 7.11 Å². The summed E-state index contributed by atoms with van der Waals surface area (Å²) in [5.74, 6) is 0.944. The molecule has 0 saturated heterocycles. The van der Waals surface area contributed by atoms with Crippen LogP contribution in [-0.2, 0) is 28.7 Å². The molecule has 3 aromatic heterocycles. The molecule has 0 amide bonds. The second-order valence-corrected chi connectivity index (χ2v) is 7.59. The van der Waals surface area contributed by atoms with E-state index in [2.05, 4.69) is 33.6 Å². The highest BCUT2D eigenvalue weighted by atomic mass is 32.1. The molecule has 0 atom stereocenters. The molecule has 3 heterocycles. The van der Waals surface area contributed by atoms with Crippen LogP contribution in [0.15, 0.2) is 61.1 Å². The van der Waals surface area contributed by atoms with Crippen LogP contribution in [-0.4, -0.2) is 40.6 Å². The molecule has 2 N–H and O–H groups in total. The minimum Gasteiger partial charge on any atom is -0.480 e. The molecule has 0 unspecified atom stereocenters. The molecule has 33 heavy (non-hydrogen) atoms. The highest BCUT2D eigenvalue weighted by Crippen LogP contribution is 2.32. The molecular formula is C24H23N4O4S+. The maximum atomic E-state index is 11.5. The number of anilines is 1. The van der Waals surface area contributed by atoms with Crippen LogP contribution < -0.4 is 10.5 Å². The molecule has 0 radical (unpaired) electrons. The Balaban J connectivity index is 1.61. The number of fused-ring (bicyclic) bond motifs is 1. The van der Waals surface area contributed by atoms with Gasteiger partial charge in [-0.25, -0.2) is 9.78 Å². The zero-order chi connectivity index (χ0) is 23.2. The Morgan fingerprint density at radius 2 is 1.79 bits per heavy atom. The lowest BCUT2D eigenvalue weighted by Crippen LogP contribution is -2.10. The summed E-state index contributed by atoms with van der Waals surface area (Å²) in [6, 6.07) is 13.5. The monoisotopic (exact) mass is 463 g/mol. The van der Waals surface area contributed by atoms with Gasteiger partial charge in [0.25, 0.3) is 0 Å². The van der Waals surface area contributed by atoms with E-state index in [4.69, 9.17) is 19.9 Å². The van der Waals surface area contributed by atoms with Crippen molar-refractivity contribution in [3.05, 3.63) is 66.7 Å². The number of ether oxygens (including phenoxy) is 3. The summed E-state index contributed by atoms with van der Waals surface area (Å²) in [4.78, 5) is 24.7. The third kappa shape index (κ3) is 5.15. The Hall–Kier alpha value is -3.85. The first-order chi connectivity index (χ1) is 16.1. The number of aromatic nitrogens is 3. The second kappa shape index (κ2) is 10.2. The largest absolute Gasteiger partial charge is 0.508 e. The Morgan fingerprint density at radius 1 is 0.970 bits per heavy atom. The van der Waals surface area contributed by atoms with E-state index < -0.39 is 6.16 Å². The average molecular weight is 464 g/mol. The van der Waals surface area contributed by atoms with Gasteiger partial charge in [0.05, 0.1) is 24.0 Å². The predicted molar refractivity (Wildman–Crippen MR) is 130 cm³/mol. The van der Waals surface area contributed by atoms with E-state index in [1.807, 2.05) is 36.4 Å². The lowest BCUT2D eigenvalue weighted by atomic mass is 9.98. The fourth-order valence-corrected chi connectivity index (χ4v) is 3.46. The van der Waals surface area contributed by atoms with Gasteiger partial charge in [-0.05, 0) is 54.1 Å². The van der Waals surface area contributed by atoms with Crippen molar-refractivity contribution in [2.75, 3.05) is 25.2 Å². The number of rotatable bonds is 7. The smallest absolute Gasteiger partial charge is 0.480 e. The highest BCUT2D eigenvalue weighted by Gasteiger charge is 2.10. The summed E-state index contributed by atoms with van der Waals surface area (Å²) in [7, 11) is 1.54. The molecule has 4 aromatic rings. The van der Waals surface area contributed by atoms with Crippen molar-refractivity contribution in [2.45, 2.75) is 6.61 Å². The minimum atomic E-state index is -0.722. The fourth-order valence-electron chi connectivity index (χ4n) is 3.35. The second-order valence-electron chi connectivity index (χ2n) is 7.09. The Bertz CT molecular complexity index is 1280. The van der Waals surface area contributed by atoms with Crippen molar-refractivity contribution in [2.24, 2.45) is 0 Å². The van der Waals surface area contributed by atoms with Crippen LogP contribution in [0.1, 0.15) is 5.69 Å². The normalized spacial score (nSPS) is 10.7. The van der Waals surface area contributed by atoms with Crippen LogP contribution in [0.25, 0.3) is 33.2 Å². The maximum Gasteiger partial charge on any atom is 0.508 e. The third-order valence-corrected chi connectivity index (χ3v) is 5.15. The first kappa shape index (κ1) is 22.3. The maximum absolute atomic E-state index is 11.5. The number of carbonyl (C=O) groups excluding carboxylic acids is 1. The number of nitrogen functional groups attached to an aromatic ring is 1. The first-order valence-corrected chi connectivity index (χ1v) is 10.9. The summed E-state index contributed by atoms with van der Waals surface area (Å²) in [6.07, 6.45) is 4.52. The quantitative estimate of drug-likeness (QED) is 0.327. The van der Waals surface area contributed by atoms with Crippen LogP contribution in [0.4, 0.5) is 10.5 Å². The average Bonchev–Trinajstić information content (AvgIpc) is 2.85. The highest BCUT2D eigenvalue weighted by molar-refractivity contribution is 7.58. The van der Waals surface area contributed by atoms with Crippen molar-refractivity contribution in [3.63, 3.8) is 0 Å². The van der Waals surface area contributed by atoms with E-state index in [9.17, 15) is 4.79 Å². The molecule has 9 heteroatoms. The van der Waals surface area contributed by atoms with Gasteiger partial charge in [-0.15, -0.1) is 0 Å². The Morgan fingerprint density at radius 3 is 2.52 bits per heavy atom. The van der Waals surface area contributed by atoms with Crippen LogP contribution in [0.5, 0.6) is 5.88 Å². The summed E-state index contributed by atoms with van der Waals surface area (Å²) in [5.41, 5.74) is 11.7. The van der Waals surface area contributed by atoms with Crippen LogP contribution in [0.3, 0.4) is 0 Å².